The lowest BCUT2D eigenvalue weighted by atomic mass is 9.94. The molecule has 1 amide bonds. The van der Waals surface area contributed by atoms with Gasteiger partial charge in [0.1, 0.15) is 17.2 Å². The zero-order valence-corrected chi connectivity index (χ0v) is 21.2. The predicted octanol–water partition coefficient (Wildman–Crippen LogP) is 3.55. The standard InChI is InChI=1S/C26H30N6O2S/c1-26(2)16-20-23(24(33)29-26)35-25(28-20)32-12-13-34-22-5-4-17(14-21(22)32)19-15-18(6-7-27-19)31-10-8-30(3)9-11-31/h4-7,14-15H,8-13,16H2,1-3H3,(H,29,33). The molecule has 0 saturated carbocycles. The van der Waals surface area contributed by atoms with Gasteiger partial charge in [-0.2, -0.15) is 0 Å². The molecule has 1 aromatic carbocycles. The summed E-state index contributed by atoms with van der Waals surface area (Å²) in [5.41, 5.74) is 4.74. The van der Waals surface area contributed by atoms with Crippen LogP contribution < -0.4 is 19.9 Å². The summed E-state index contributed by atoms with van der Waals surface area (Å²) in [4.78, 5) is 29.9. The zero-order chi connectivity index (χ0) is 24.2. The van der Waals surface area contributed by atoms with Crippen LogP contribution >= 0.6 is 11.3 Å². The fourth-order valence-corrected chi connectivity index (χ4v) is 6.01. The van der Waals surface area contributed by atoms with Crippen molar-refractivity contribution in [3.05, 3.63) is 47.1 Å². The minimum atomic E-state index is -0.286. The maximum Gasteiger partial charge on any atom is 0.263 e. The van der Waals surface area contributed by atoms with E-state index in [0.717, 1.165) is 66.1 Å². The van der Waals surface area contributed by atoms with Crippen LogP contribution in [0.4, 0.5) is 16.5 Å². The topological polar surface area (TPSA) is 73.8 Å². The molecule has 8 nitrogen and oxygen atoms in total. The van der Waals surface area contributed by atoms with Crippen molar-refractivity contribution in [1.29, 1.82) is 0 Å². The van der Waals surface area contributed by atoms with E-state index in [1.165, 1.54) is 17.0 Å². The molecule has 5 heterocycles. The second-order valence-corrected chi connectivity index (χ2v) is 11.1. The highest BCUT2D eigenvalue weighted by Crippen LogP contribution is 2.42. The van der Waals surface area contributed by atoms with E-state index in [-0.39, 0.29) is 11.4 Å². The Balaban J connectivity index is 1.33. The Morgan fingerprint density at radius 1 is 1.09 bits per heavy atom. The van der Waals surface area contributed by atoms with E-state index in [1.54, 1.807) is 0 Å². The fourth-order valence-electron chi connectivity index (χ4n) is 4.99. The number of benzene rings is 1. The maximum absolute atomic E-state index is 12.7. The second kappa shape index (κ2) is 8.49. The second-order valence-electron chi connectivity index (χ2n) is 10.2. The van der Waals surface area contributed by atoms with E-state index in [2.05, 4.69) is 56.3 Å². The van der Waals surface area contributed by atoms with Crippen LogP contribution in [-0.4, -0.2) is 72.7 Å². The minimum absolute atomic E-state index is 0.0350. The molecule has 3 aliphatic rings. The molecule has 3 aromatic rings. The Morgan fingerprint density at radius 3 is 2.74 bits per heavy atom. The number of carbonyl (C=O) groups excluding carboxylic acids is 1. The van der Waals surface area contributed by atoms with Crippen LogP contribution in [0.1, 0.15) is 29.2 Å². The number of nitrogens with one attached hydrogen (secondary N) is 1. The van der Waals surface area contributed by atoms with Crippen molar-refractivity contribution in [2.45, 2.75) is 25.8 Å². The first-order valence-corrected chi connectivity index (χ1v) is 12.9. The van der Waals surface area contributed by atoms with Crippen LogP contribution in [0.15, 0.2) is 36.5 Å². The van der Waals surface area contributed by atoms with Gasteiger partial charge in [0, 0.05) is 55.6 Å². The van der Waals surface area contributed by atoms with E-state index in [4.69, 9.17) is 9.72 Å². The van der Waals surface area contributed by atoms with E-state index < -0.39 is 0 Å². The molecule has 0 unspecified atom stereocenters. The van der Waals surface area contributed by atoms with Crippen LogP contribution in [-0.2, 0) is 6.42 Å². The molecule has 1 fully saturated rings. The molecular formula is C26H30N6O2S. The smallest absolute Gasteiger partial charge is 0.263 e. The Labute approximate surface area is 209 Å². The number of carbonyl (C=O) groups is 1. The molecule has 35 heavy (non-hydrogen) atoms. The highest BCUT2D eigenvalue weighted by molar-refractivity contribution is 7.17. The fraction of sp³-hybridized carbons (Fsp3) is 0.423. The molecule has 6 rings (SSSR count). The number of fused-ring (bicyclic) bond motifs is 2. The zero-order valence-electron chi connectivity index (χ0n) is 20.4. The van der Waals surface area contributed by atoms with Gasteiger partial charge in [-0.3, -0.25) is 9.78 Å². The van der Waals surface area contributed by atoms with Crippen molar-refractivity contribution < 1.29 is 9.53 Å². The monoisotopic (exact) mass is 490 g/mol. The summed E-state index contributed by atoms with van der Waals surface area (Å²) >= 11 is 1.46. The number of ether oxygens (including phenoxy) is 1. The number of thiazole rings is 1. The number of piperazine rings is 1. The van der Waals surface area contributed by atoms with Gasteiger partial charge in [0.25, 0.3) is 5.91 Å². The molecule has 3 aliphatic heterocycles. The summed E-state index contributed by atoms with van der Waals surface area (Å²) in [6.45, 7) is 9.49. The van der Waals surface area contributed by atoms with Gasteiger partial charge in [0.15, 0.2) is 5.13 Å². The number of pyridine rings is 1. The van der Waals surface area contributed by atoms with E-state index in [9.17, 15) is 4.79 Å². The van der Waals surface area contributed by atoms with Gasteiger partial charge in [-0.1, -0.05) is 11.3 Å². The normalized spacial score (nSPS) is 19.6. The number of amides is 1. The van der Waals surface area contributed by atoms with Gasteiger partial charge in [-0.05, 0) is 51.2 Å². The van der Waals surface area contributed by atoms with Crippen LogP contribution in [0, 0.1) is 0 Å². The van der Waals surface area contributed by atoms with Crippen LogP contribution in [0.3, 0.4) is 0 Å². The largest absolute Gasteiger partial charge is 0.490 e. The number of aromatic nitrogens is 2. The molecule has 182 valence electrons. The van der Waals surface area contributed by atoms with Gasteiger partial charge in [-0.25, -0.2) is 4.98 Å². The highest BCUT2D eigenvalue weighted by atomic mass is 32.1. The number of rotatable bonds is 3. The summed E-state index contributed by atoms with van der Waals surface area (Å²) in [6, 6.07) is 10.5. The molecule has 0 radical (unpaired) electrons. The lowest BCUT2D eigenvalue weighted by Gasteiger charge is -2.34. The predicted molar refractivity (Wildman–Crippen MR) is 139 cm³/mol. The van der Waals surface area contributed by atoms with Gasteiger partial charge < -0.3 is 24.8 Å². The highest BCUT2D eigenvalue weighted by Gasteiger charge is 2.35. The third kappa shape index (κ3) is 4.23. The third-order valence-corrected chi connectivity index (χ3v) is 8.03. The van der Waals surface area contributed by atoms with Gasteiger partial charge in [0.2, 0.25) is 0 Å². The first kappa shape index (κ1) is 22.3. The van der Waals surface area contributed by atoms with Crippen molar-refractivity contribution in [1.82, 2.24) is 20.2 Å². The van der Waals surface area contributed by atoms with Gasteiger partial charge in [-0.15, -0.1) is 0 Å². The number of hydrogen-bond acceptors (Lipinski definition) is 8. The molecule has 0 atom stereocenters. The molecule has 1 N–H and O–H groups in total. The van der Waals surface area contributed by atoms with Crippen molar-refractivity contribution in [3.63, 3.8) is 0 Å². The molecule has 0 spiro atoms. The summed E-state index contributed by atoms with van der Waals surface area (Å²) in [7, 11) is 2.17. The Bertz CT molecular complexity index is 1280. The molecule has 9 heteroatoms. The summed E-state index contributed by atoms with van der Waals surface area (Å²) in [5.74, 6) is 0.792. The Kier molecular flexibility index (Phi) is 5.41. The van der Waals surface area contributed by atoms with E-state index >= 15 is 0 Å². The average molecular weight is 491 g/mol. The molecule has 0 aliphatic carbocycles. The molecule has 1 saturated heterocycles. The molecular weight excluding hydrogens is 460 g/mol. The van der Waals surface area contributed by atoms with Crippen molar-refractivity contribution >= 4 is 33.8 Å². The van der Waals surface area contributed by atoms with Crippen molar-refractivity contribution in [2.75, 3.05) is 56.2 Å². The van der Waals surface area contributed by atoms with Crippen molar-refractivity contribution in [2.24, 2.45) is 0 Å². The van der Waals surface area contributed by atoms with Crippen LogP contribution in [0.25, 0.3) is 11.3 Å². The number of hydrogen-bond donors (Lipinski definition) is 1. The summed E-state index contributed by atoms with van der Waals surface area (Å²) in [5, 5.41) is 3.92. The Hall–Kier alpha value is -3.17. The maximum atomic E-state index is 12.7. The number of anilines is 3. The summed E-state index contributed by atoms with van der Waals surface area (Å²) < 4.78 is 5.97. The molecule has 0 bridgehead atoms. The van der Waals surface area contributed by atoms with E-state index in [1.807, 2.05) is 26.1 Å². The SMILES string of the molecule is CN1CCN(c2ccnc(-c3ccc4c(c3)N(c3nc5c(s3)C(=O)NC(C)(C)C5)CCO4)c2)CC1. The van der Waals surface area contributed by atoms with E-state index in [0.29, 0.717) is 18.0 Å². The third-order valence-electron chi connectivity index (χ3n) is 6.91. The van der Waals surface area contributed by atoms with Crippen LogP contribution in [0.2, 0.25) is 0 Å². The van der Waals surface area contributed by atoms with Gasteiger partial charge in [0.05, 0.1) is 23.6 Å². The first-order chi connectivity index (χ1) is 16.9. The number of likely N-dealkylation sites (N-methyl/N-ethyl adjacent to an activating group) is 1. The Morgan fingerprint density at radius 2 is 1.91 bits per heavy atom. The first-order valence-electron chi connectivity index (χ1n) is 12.1. The average Bonchev–Trinajstić information content (AvgIpc) is 3.27. The van der Waals surface area contributed by atoms with Gasteiger partial charge >= 0.3 is 0 Å². The van der Waals surface area contributed by atoms with Crippen molar-refractivity contribution in [3.8, 4) is 17.0 Å². The lowest BCUT2D eigenvalue weighted by Crippen LogP contribution is -2.48. The lowest BCUT2D eigenvalue weighted by molar-refractivity contribution is 0.0901. The van der Waals surface area contributed by atoms with Crippen LogP contribution in [0.5, 0.6) is 5.75 Å². The molecule has 2 aromatic heterocycles. The quantitative estimate of drug-likeness (QED) is 0.602. The summed E-state index contributed by atoms with van der Waals surface area (Å²) in [6.07, 6.45) is 2.62. The number of nitrogens with zero attached hydrogens (tertiary/aromatic N) is 5. The minimum Gasteiger partial charge on any atom is -0.490 e.